The Labute approximate surface area is 139 Å². The van der Waals surface area contributed by atoms with Gasteiger partial charge in [-0.2, -0.15) is 0 Å². The molecule has 0 aliphatic rings. The summed E-state index contributed by atoms with van der Waals surface area (Å²) in [5, 5.41) is 14.8. The first-order valence-electron chi connectivity index (χ1n) is 7.62. The van der Waals surface area contributed by atoms with Crippen LogP contribution in [0, 0.1) is 0 Å². The summed E-state index contributed by atoms with van der Waals surface area (Å²) < 4.78 is 10.2. The van der Waals surface area contributed by atoms with Gasteiger partial charge in [-0.05, 0) is 43.7 Å². The molecule has 24 heavy (non-hydrogen) atoms. The molecule has 1 aromatic carbocycles. The first-order chi connectivity index (χ1) is 11.6. The van der Waals surface area contributed by atoms with Gasteiger partial charge in [0.25, 0.3) is 0 Å². The van der Waals surface area contributed by atoms with E-state index in [4.69, 9.17) is 9.15 Å². The third kappa shape index (κ3) is 5.13. The molecule has 0 saturated carbocycles. The molecule has 1 aromatic heterocycles. The number of carbonyl (C=O) groups is 2. The quantitative estimate of drug-likeness (QED) is 0.672. The number of anilines is 1. The number of amides is 2. The van der Waals surface area contributed by atoms with Crippen molar-refractivity contribution in [3.8, 4) is 5.75 Å². The van der Waals surface area contributed by atoms with E-state index in [2.05, 4.69) is 10.6 Å². The average Bonchev–Trinajstić information content (AvgIpc) is 3.11. The fourth-order valence-electron chi connectivity index (χ4n) is 2.02. The fourth-order valence-corrected chi connectivity index (χ4v) is 2.02. The van der Waals surface area contributed by atoms with Gasteiger partial charge in [-0.3, -0.25) is 9.59 Å². The van der Waals surface area contributed by atoms with E-state index in [1.54, 1.807) is 30.3 Å². The largest absolute Gasteiger partial charge is 0.494 e. The smallest absolute Gasteiger partial charge is 0.313 e. The molecule has 1 heterocycles. The van der Waals surface area contributed by atoms with Crippen molar-refractivity contribution >= 4 is 17.5 Å². The van der Waals surface area contributed by atoms with E-state index in [1.807, 2.05) is 6.92 Å². The molecule has 0 radical (unpaired) electrons. The molecule has 2 aromatic rings. The Bertz CT molecular complexity index is 652. The SMILES string of the molecule is CCOc1ccc(NC(=O)C(=O)NCCC(O)c2ccoc2)cc1. The first kappa shape index (κ1) is 17.6. The maximum atomic E-state index is 11.8. The standard InChI is InChI=1S/C17H20N2O5/c1-2-24-14-5-3-13(4-6-14)19-17(22)16(21)18-9-7-15(20)12-8-10-23-11-12/h3-6,8,10-11,15,20H,2,7,9H2,1H3,(H,18,21)(H,19,22). The molecule has 0 bridgehead atoms. The topological polar surface area (TPSA) is 101 Å². The van der Waals surface area contributed by atoms with Crippen LogP contribution in [-0.4, -0.2) is 30.1 Å². The van der Waals surface area contributed by atoms with E-state index in [-0.39, 0.29) is 13.0 Å². The van der Waals surface area contributed by atoms with E-state index in [9.17, 15) is 14.7 Å². The molecule has 7 heteroatoms. The summed E-state index contributed by atoms with van der Waals surface area (Å²) in [4.78, 5) is 23.5. The number of furan rings is 1. The number of nitrogens with one attached hydrogen (secondary N) is 2. The Morgan fingerprint density at radius 2 is 1.96 bits per heavy atom. The molecule has 2 rings (SSSR count). The number of carbonyl (C=O) groups excluding carboxylic acids is 2. The molecule has 1 unspecified atom stereocenters. The molecule has 3 N–H and O–H groups in total. The predicted molar refractivity (Wildman–Crippen MR) is 87.5 cm³/mol. The van der Waals surface area contributed by atoms with Gasteiger partial charge in [0.15, 0.2) is 0 Å². The third-order valence-electron chi connectivity index (χ3n) is 3.26. The number of aliphatic hydroxyl groups is 1. The van der Waals surface area contributed by atoms with Gasteiger partial charge in [-0.25, -0.2) is 0 Å². The van der Waals surface area contributed by atoms with Crippen molar-refractivity contribution < 1.29 is 23.8 Å². The van der Waals surface area contributed by atoms with Crippen LogP contribution in [0.5, 0.6) is 5.75 Å². The lowest BCUT2D eigenvalue weighted by Gasteiger charge is -2.10. The zero-order valence-electron chi connectivity index (χ0n) is 13.3. The molecule has 0 fully saturated rings. The minimum absolute atomic E-state index is 0.169. The van der Waals surface area contributed by atoms with Crippen LogP contribution in [-0.2, 0) is 9.59 Å². The van der Waals surface area contributed by atoms with Crippen LogP contribution >= 0.6 is 0 Å². The Hall–Kier alpha value is -2.80. The minimum Gasteiger partial charge on any atom is -0.494 e. The van der Waals surface area contributed by atoms with Crippen molar-refractivity contribution in [1.82, 2.24) is 5.32 Å². The lowest BCUT2D eigenvalue weighted by molar-refractivity contribution is -0.136. The first-order valence-corrected chi connectivity index (χ1v) is 7.62. The molecule has 1 atom stereocenters. The summed E-state index contributed by atoms with van der Waals surface area (Å²) in [6, 6.07) is 8.36. The second-order valence-corrected chi connectivity index (χ2v) is 5.03. The molecule has 0 aliphatic carbocycles. The van der Waals surface area contributed by atoms with Crippen LogP contribution in [0.15, 0.2) is 47.3 Å². The number of aliphatic hydroxyl groups excluding tert-OH is 1. The van der Waals surface area contributed by atoms with E-state index in [0.717, 1.165) is 0 Å². The molecular formula is C17H20N2O5. The Morgan fingerprint density at radius 3 is 2.58 bits per heavy atom. The van der Waals surface area contributed by atoms with Crippen LogP contribution in [0.3, 0.4) is 0 Å². The van der Waals surface area contributed by atoms with Gasteiger partial charge in [-0.1, -0.05) is 0 Å². The summed E-state index contributed by atoms with van der Waals surface area (Å²) in [5.74, 6) is -0.839. The summed E-state index contributed by atoms with van der Waals surface area (Å²) in [7, 11) is 0. The molecule has 7 nitrogen and oxygen atoms in total. The average molecular weight is 332 g/mol. The van der Waals surface area contributed by atoms with Crippen molar-refractivity contribution in [2.24, 2.45) is 0 Å². The van der Waals surface area contributed by atoms with E-state index in [1.165, 1.54) is 12.5 Å². The zero-order chi connectivity index (χ0) is 17.4. The maximum absolute atomic E-state index is 11.8. The Morgan fingerprint density at radius 1 is 1.21 bits per heavy atom. The Kier molecular flexibility index (Phi) is 6.39. The van der Waals surface area contributed by atoms with Crippen LogP contribution < -0.4 is 15.4 Å². The van der Waals surface area contributed by atoms with Gasteiger partial charge >= 0.3 is 11.8 Å². The normalized spacial score (nSPS) is 11.6. The van der Waals surface area contributed by atoms with E-state index in [0.29, 0.717) is 23.6 Å². The van der Waals surface area contributed by atoms with Crippen molar-refractivity contribution in [2.75, 3.05) is 18.5 Å². The molecular weight excluding hydrogens is 312 g/mol. The van der Waals surface area contributed by atoms with Crippen molar-refractivity contribution in [3.05, 3.63) is 48.4 Å². The van der Waals surface area contributed by atoms with E-state index < -0.39 is 17.9 Å². The number of rotatable bonds is 7. The molecule has 0 saturated heterocycles. The third-order valence-corrected chi connectivity index (χ3v) is 3.26. The summed E-state index contributed by atoms with van der Waals surface area (Å²) in [5.41, 5.74) is 1.13. The molecule has 0 aliphatic heterocycles. The lowest BCUT2D eigenvalue weighted by atomic mass is 10.1. The molecule has 0 spiro atoms. The molecule has 128 valence electrons. The van der Waals surface area contributed by atoms with Gasteiger partial charge < -0.3 is 24.9 Å². The van der Waals surface area contributed by atoms with Gasteiger partial charge in [0.2, 0.25) is 0 Å². The minimum atomic E-state index is -0.767. The number of hydrogen-bond acceptors (Lipinski definition) is 5. The van der Waals surface area contributed by atoms with Crippen LogP contribution in [0.2, 0.25) is 0 Å². The number of ether oxygens (including phenoxy) is 1. The van der Waals surface area contributed by atoms with Gasteiger partial charge in [0.05, 0.1) is 25.2 Å². The maximum Gasteiger partial charge on any atom is 0.313 e. The monoisotopic (exact) mass is 332 g/mol. The summed E-state index contributed by atoms with van der Waals surface area (Å²) in [6.45, 7) is 2.60. The van der Waals surface area contributed by atoms with E-state index >= 15 is 0 Å². The van der Waals surface area contributed by atoms with Crippen LogP contribution in [0.25, 0.3) is 0 Å². The van der Waals surface area contributed by atoms with Gasteiger partial charge in [0, 0.05) is 17.8 Å². The zero-order valence-corrected chi connectivity index (χ0v) is 13.3. The van der Waals surface area contributed by atoms with Crippen LogP contribution in [0.1, 0.15) is 25.0 Å². The highest BCUT2D eigenvalue weighted by molar-refractivity contribution is 6.39. The molecule has 2 amide bonds. The Balaban J connectivity index is 1.74. The van der Waals surface area contributed by atoms with Crippen molar-refractivity contribution in [1.29, 1.82) is 0 Å². The lowest BCUT2D eigenvalue weighted by Crippen LogP contribution is -2.36. The summed E-state index contributed by atoms with van der Waals surface area (Å²) >= 11 is 0. The van der Waals surface area contributed by atoms with Crippen molar-refractivity contribution in [3.63, 3.8) is 0 Å². The van der Waals surface area contributed by atoms with Gasteiger partial charge in [0.1, 0.15) is 5.75 Å². The second kappa shape index (κ2) is 8.73. The number of benzene rings is 1. The second-order valence-electron chi connectivity index (χ2n) is 5.03. The highest BCUT2D eigenvalue weighted by atomic mass is 16.5. The highest BCUT2D eigenvalue weighted by Gasteiger charge is 2.15. The predicted octanol–water partition coefficient (Wildman–Crippen LogP) is 1.86. The highest BCUT2D eigenvalue weighted by Crippen LogP contribution is 2.16. The van der Waals surface area contributed by atoms with Crippen molar-refractivity contribution in [2.45, 2.75) is 19.4 Å². The fraction of sp³-hybridized carbons (Fsp3) is 0.294. The van der Waals surface area contributed by atoms with Gasteiger partial charge in [-0.15, -0.1) is 0 Å². The van der Waals surface area contributed by atoms with Crippen LogP contribution in [0.4, 0.5) is 5.69 Å². The number of hydrogen-bond donors (Lipinski definition) is 3. The summed E-state index contributed by atoms with van der Waals surface area (Å²) in [6.07, 6.45) is 2.42.